The van der Waals surface area contributed by atoms with Gasteiger partial charge in [0.1, 0.15) is 12.3 Å². The van der Waals surface area contributed by atoms with Crippen molar-refractivity contribution >= 4 is 19.8 Å². The van der Waals surface area contributed by atoms with E-state index in [9.17, 15) is 9.18 Å². The van der Waals surface area contributed by atoms with Gasteiger partial charge in [0.25, 0.3) is 0 Å². The zero-order valence-corrected chi connectivity index (χ0v) is 18.7. The van der Waals surface area contributed by atoms with Crippen molar-refractivity contribution in [3.05, 3.63) is 22.5 Å². The predicted octanol–water partition coefficient (Wildman–Crippen LogP) is 3.05. The highest BCUT2D eigenvalue weighted by atomic mass is 28.4. The highest BCUT2D eigenvalue weighted by molar-refractivity contribution is 6.74. The van der Waals surface area contributed by atoms with E-state index in [-0.39, 0.29) is 5.04 Å². The summed E-state index contributed by atoms with van der Waals surface area (Å²) in [5.41, 5.74) is 5.44. The number of nitrogen functional groups attached to an aromatic ring is 1. The van der Waals surface area contributed by atoms with Crippen molar-refractivity contribution in [2.75, 3.05) is 12.3 Å². The first-order chi connectivity index (χ1) is 12.8. The maximum absolute atomic E-state index is 13.8. The Kier molecular flexibility index (Phi) is 6.67. The molecule has 0 aromatic carbocycles. The Balaban J connectivity index is 2.22. The van der Waals surface area contributed by atoms with Crippen molar-refractivity contribution in [3.8, 4) is 0 Å². The van der Waals surface area contributed by atoms with Gasteiger partial charge in [-0.1, -0.05) is 25.9 Å². The first-order valence-corrected chi connectivity index (χ1v) is 12.2. The number of nitrogens with zero attached hydrogens (tertiary/aromatic N) is 3. The van der Waals surface area contributed by atoms with Crippen LogP contribution in [0.3, 0.4) is 0 Å². The third-order valence-electron chi connectivity index (χ3n) is 5.21. The zero-order chi connectivity index (χ0) is 21.3. The molecule has 158 valence electrons. The van der Waals surface area contributed by atoms with Crippen molar-refractivity contribution < 1.29 is 18.4 Å². The molecule has 1 unspecified atom stereocenters. The minimum absolute atomic E-state index is 0.0421. The molecule has 28 heavy (non-hydrogen) atoms. The van der Waals surface area contributed by atoms with Gasteiger partial charge in [0.05, 0.1) is 18.5 Å². The Labute approximate surface area is 166 Å². The summed E-state index contributed by atoms with van der Waals surface area (Å²) in [6, 6.07) is 0. The van der Waals surface area contributed by atoms with Crippen LogP contribution in [0.15, 0.2) is 16.1 Å². The van der Waals surface area contributed by atoms with Gasteiger partial charge in [-0.3, -0.25) is 4.57 Å². The summed E-state index contributed by atoms with van der Waals surface area (Å²) in [7, 11) is -2.00. The molecule has 1 aliphatic rings. The van der Waals surface area contributed by atoms with Crippen LogP contribution in [0.25, 0.3) is 0 Å². The van der Waals surface area contributed by atoms with E-state index in [1.807, 2.05) is 13.8 Å². The number of nitrogens with two attached hydrogens (primary N) is 1. The molecule has 8 nitrogen and oxygen atoms in total. The average molecular weight is 415 g/mol. The second-order valence-electron chi connectivity index (χ2n) is 8.78. The van der Waals surface area contributed by atoms with E-state index in [1.165, 1.54) is 0 Å². The SMILES string of the molecule is CC(C)=NOC1C[C@H](n2cc(F)c(N)nc2=O)O[C@@H]1CO[Si](C)(C)C(C)(C)C. The van der Waals surface area contributed by atoms with Gasteiger partial charge in [-0.15, -0.1) is 0 Å². The number of halogens is 1. The first kappa shape index (κ1) is 22.5. The van der Waals surface area contributed by atoms with Crippen LogP contribution in [0.4, 0.5) is 10.2 Å². The van der Waals surface area contributed by atoms with Gasteiger partial charge in [-0.25, -0.2) is 9.18 Å². The highest BCUT2D eigenvalue weighted by Crippen LogP contribution is 2.38. The van der Waals surface area contributed by atoms with Crippen molar-refractivity contribution in [1.82, 2.24) is 9.55 Å². The van der Waals surface area contributed by atoms with Crippen LogP contribution in [0.2, 0.25) is 18.1 Å². The second-order valence-corrected chi connectivity index (χ2v) is 13.6. The van der Waals surface area contributed by atoms with E-state index in [4.69, 9.17) is 19.7 Å². The Hall–Kier alpha value is -1.78. The summed E-state index contributed by atoms with van der Waals surface area (Å²) in [5.74, 6) is -1.21. The summed E-state index contributed by atoms with van der Waals surface area (Å²) in [6.45, 7) is 14.7. The molecule has 1 fully saturated rings. The van der Waals surface area contributed by atoms with Gasteiger partial charge in [-0.2, -0.15) is 4.98 Å². The van der Waals surface area contributed by atoms with E-state index in [0.29, 0.717) is 13.0 Å². The normalized spacial score (nSPS) is 22.9. The standard InChI is InChI=1S/C18H31FN4O4Si/c1-11(2)22-27-13-8-15(23-9-12(19)16(20)21-17(23)24)26-14(13)10-25-28(6,7)18(3,4)5/h9,13-15H,8,10H2,1-7H3,(H2,20,21,24)/t13?,14-,15-/m1/s1. The van der Waals surface area contributed by atoms with E-state index in [0.717, 1.165) is 16.5 Å². The van der Waals surface area contributed by atoms with Crippen LogP contribution in [-0.4, -0.2) is 42.4 Å². The fourth-order valence-electron chi connectivity index (χ4n) is 2.48. The molecule has 2 heterocycles. The number of aromatic nitrogens is 2. The molecule has 10 heteroatoms. The van der Waals surface area contributed by atoms with Gasteiger partial charge < -0.3 is 19.7 Å². The lowest BCUT2D eigenvalue weighted by Gasteiger charge is -2.37. The number of hydrogen-bond donors (Lipinski definition) is 1. The largest absolute Gasteiger partial charge is 0.414 e. The fraction of sp³-hybridized carbons (Fsp3) is 0.722. The number of anilines is 1. The van der Waals surface area contributed by atoms with Crippen molar-refractivity contribution in [3.63, 3.8) is 0 Å². The summed E-state index contributed by atoms with van der Waals surface area (Å²) in [5, 5.41) is 4.07. The molecule has 1 aromatic heterocycles. The van der Waals surface area contributed by atoms with Gasteiger partial charge in [-0.05, 0) is 32.0 Å². The lowest BCUT2D eigenvalue weighted by Crippen LogP contribution is -2.44. The maximum Gasteiger partial charge on any atom is 0.351 e. The number of rotatable bonds is 6. The third kappa shape index (κ3) is 5.18. The molecule has 2 N–H and O–H groups in total. The molecular weight excluding hydrogens is 383 g/mol. The van der Waals surface area contributed by atoms with Gasteiger partial charge in [0, 0.05) is 6.42 Å². The van der Waals surface area contributed by atoms with Crippen molar-refractivity contribution in [1.29, 1.82) is 0 Å². The Bertz CT molecular complexity index is 787. The summed E-state index contributed by atoms with van der Waals surface area (Å²) in [4.78, 5) is 21.3. The minimum atomic E-state index is -2.00. The van der Waals surface area contributed by atoms with Crippen LogP contribution in [-0.2, 0) is 14.0 Å². The summed E-state index contributed by atoms with van der Waals surface area (Å²) >= 11 is 0. The first-order valence-electron chi connectivity index (χ1n) is 9.32. The molecule has 3 atom stereocenters. The molecule has 1 aromatic rings. The lowest BCUT2D eigenvalue weighted by atomic mass is 10.2. The van der Waals surface area contributed by atoms with Crippen LogP contribution in [0, 0.1) is 5.82 Å². The topological polar surface area (TPSA) is 101 Å². The smallest absolute Gasteiger partial charge is 0.351 e. The summed E-state index contributed by atoms with van der Waals surface area (Å²) < 4.78 is 27.2. The van der Waals surface area contributed by atoms with Crippen molar-refractivity contribution in [2.24, 2.45) is 5.16 Å². The van der Waals surface area contributed by atoms with E-state index in [1.54, 1.807) is 0 Å². The zero-order valence-electron chi connectivity index (χ0n) is 17.7. The molecule has 1 aliphatic heterocycles. The number of ether oxygens (including phenoxy) is 1. The van der Waals surface area contributed by atoms with Crippen molar-refractivity contribution in [2.45, 2.75) is 77.6 Å². The van der Waals surface area contributed by atoms with Crippen LogP contribution < -0.4 is 11.4 Å². The lowest BCUT2D eigenvalue weighted by molar-refractivity contribution is -0.0592. The highest BCUT2D eigenvalue weighted by Gasteiger charge is 2.43. The van der Waals surface area contributed by atoms with Crippen LogP contribution >= 0.6 is 0 Å². The number of hydrogen-bond acceptors (Lipinski definition) is 7. The van der Waals surface area contributed by atoms with Crippen LogP contribution in [0.5, 0.6) is 0 Å². The van der Waals surface area contributed by atoms with E-state index in [2.05, 4.69) is 44.0 Å². The second kappa shape index (κ2) is 8.30. The molecule has 0 amide bonds. The fourth-order valence-corrected chi connectivity index (χ4v) is 3.49. The van der Waals surface area contributed by atoms with Gasteiger partial charge in [0.15, 0.2) is 26.1 Å². The molecule has 0 saturated carbocycles. The molecule has 1 saturated heterocycles. The van der Waals surface area contributed by atoms with Crippen LogP contribution in [0.1, 0.15) is 47.3 Å². The Morgan fingerprint density at radius 1 is 1.46 bits per heavy atom. The average Bonchev–Trinajstić information content (AvgIpc) is 2.96. The number of oxime groups is 1. The summed E-state index contributed by atoms with van der Waals surface area (Å²) in [6.07, 6.45) is -0.294. The molecule has 2 rings (SSSR count). The Morgan fingerprint density at radius 3 is 2.68 bits per heavy atom. The quantitative estimate of drug-likeness (QED) is 0.436. The van der Waals surface area contributed by atoms with E-state index < -0.39 is 44.1 Å². The minimum Gasteiger partial charge on any atom is -0.414 e. The predicted molar refractivity (Wildman–Crippen MR) is 108 cm³/mol. The third-order valence-corrected chi connectivity index (χ3v) is 9.71. The monoisotopic (exact) mass is 414 g/mol. The molecule has 0 aliphatic carbocycles. The molecular formula is C18H31FN4O4Si. The van der Waals surface area contributed by atoms with Gasteiger partial charge in [0.2, 0.25) is 0 Å². The maximum atomic E-state index is 13.8. The van der Waals surface area contributed by atoms with E-state index >= 15 is 0 Å². The molecule has 0 spiro atoms. The van der Waals surface area contributed by atoms with Gasteiger partial charge >= 0.3 is 5.69 Å². The molecule has 0 radical (unpaired) electrons. The Morgan fingerprint density at radius 2 is 2.11 bits per heavy atom. The molecule has 0 bridgehead atoms.